The Morgan fingerprint density at radius 1 is 1.25 bits per heavy atom. The summed E-state index contributed by atoms with van der Waals surface area (Å²) in [4.78, 5) is 0. The lowest BCUT2D eigenvalue weighted by molar-refractivity contribution is 0.313. The summed E-state index contributed by atoms with van der Waals surface area (Å²) in [6.07, 6.45) is 2.87. The average molecular weight is 320 g/mol. The second-order valence-corrected chi connectivity index (χ2v) is 5.74. The Morgan fingerprint density at radius 3 is 2.40 bits per heavy atom. The van der Waals surface area contributed by atoms with Crippen LogP contribution in [0.2, 0.25) is 5.02 Å². The van der Waals surface area contributed by atoms with Crippen molar-refractivity contribution in [2.45, 2.75) is 58.9 Å². The van der Waals surface area contributed by atoms with Gasteiger partial charge in [0.25, 0.3) is 0 Å². The predicted molar refractivity (Wildman–Crippen MR) is 90.5 cm³/mol. The molecule has 0 radical (unpaired) electrons. The van der Waals surface area contributed by atoms with E-state index in [2.05, 4.69) is 26.8 Å². The van der Waals surface area contributed by atoms with Crippen LogP contribution in [0, 0.1) is 0 Å². The first kappa shape index (κ1) is 19.6. The number of nitrogens with two attached hydrogens (primary N) is 1. The van der Waals surface area contributed by atoms with Gasteiger partial charge in [-0.3, -0.25) is 0 Å². The molecule has 0 spiro atoms. The highest BCUT2D eigenvalue weighted by Crippen LogP contribution is 2.34. The Hall–Kier alpha value is -0.440. The zero-order valence-corrected chi connectivity index (χ0v) is 14.5. The fourth-order valence-corrected chi connectivity index (χ4v) is 2.36. The van der Waals surface area contributed by atoms with Crippen LogP contribution >= 0.6 is 24.0 Å². The van der Waals surface area contributed by atoms with Crippen LogP contribution in [-0.2, 0) is 6.42 Å². The number of hydrogen-bond donors (Lipinski definition) is 1. The van der Waals surface area contributed by atoms with Crippen LogP contribution < -0.4 is 10.5 Å². The molecule has 0 aromatic heterocycles. The lowest BCUT2D eigenvalue weighted by Gasteiger charge is -2.18. The van der Waals surface area contributed by atoms with Crippen LogP contribution in [0.25, 0.3) is 0 Å². The Bertz CT molecular complexity index is 408. The lowest BCUT2D eigenvalue weighted by Crippen LogP contribution is -2.18. The van der Waals surface area contributed by atoms with Crippen molar-refractivity contribution in [1.82, 2.24) is 0 Å². The fourth-order valence-electron chi connectivity index (χ4n) is 2.06. The van der Waals surface area contributed by atoms with E-state index in [1.54, 1.807) is 0 Å². The normalized spacial score (nSPS) is 13.5. The average Bonchev–Trinajstić information content (AvgIpc) is 2.36. The molecule has 2 nitrogen and oxygen atoms in total. The number of benzene rings is 1. The Balaban J connectivity index is 0.00000361. The number of rotatable bonds is 7. The largest absolute Gasteiger partial charge is 0.492 e. The number of ether oxygens (including phenoxy) is 1. The van der Waals surface area contributed by atoms with E-state index in [4.69, 9.17) is 22.1 Å². The van der Waals surface area contributed by atoms with Crippen molar-refractivity contribution in [3.63, 3.8) is 0 Å². The summed E-state index contributed by atoms with van der Waals surface area (Å²) in [5, 5.41) is 0.710. The van der Waals surface area contributed by atoms with Gasteiger partial charge in [0.05, 0.1) is 11.6 Å². The zero-order chi connectivity index (χ0) is 14.4. The Kier molecular flexibility index (Phi) is 9.28. The molecule has 0 amide bonds. The van der Waals surface area contributed by atoms with Gasteiger partial charge in [0.1, 0.15) is 5.75 Å². The van der Waals surface area contributed by atoms with E-state index < -0.39 is 0 Å². The van der Waals surface area contributed by atoms with Gasteiger partial charge in [-0.25, -0.2) is 0 Å². The second kappa shape index (κ2) is 9.49. The van der Waals surface area contributed by atoms with E-state index in [1.807, 2.05) is 13.0 Å². The van der Waals surface area contributed by atoms with Gasteiger partial charge < -0.3 is 10.5 Å². The van der Waals surface area contributed by atoms with Crippen molar-refractivity contribution < 1.29 is 4.74 Å². The van der Waals surface area contributed by atoms with Crippen molar-refractivity contribution in [1.29, 1.82) is 0 Å². The van der Waals surface area contributed by atoms with Gasteiger partial charge in [-0.05, 0) is 49.3 Å². The van der Waals surface area contributed by atoms with E-state index >= 15 is 0 Å². The molecule has 0 bridgehead atoms. The molecule has 2 unspecified atom stereocenters. The molecule has 1 aromatic carbocycles. The van der Waals surface area contributed by atoms with Gasteiger partial charge in [-0.2, -0.15) is 0 Å². The molecule has 0 aliphatic heterocycles. The lowest BCUT2D eigenvalue weighted by atomic mass is 9.94. The first-order valence-corrected chi connectivity index (χ1v) is 7.58. The maximum atomic E-state index is 6.39. The summed E-state index contributed by atoms with van der Waals surface area (Å²) in [5.41, 5.74) is 8.33. The molecule has 0 aliphatic carbocycles. The van der Waals surface area contributed by atoms with E-state index in [0.717, 1.165) is 30.6 Å². The minimum absolute atomic E-state index is 0. The smallest absolute Gasteiger partial charge is 0.141 e. The molecule has 0 heterocycles. The van der Waals surface area contributed by atoms with Gasteiger partial charge in [0.15, 0.2) is 0 Å². The molecule has 2 atom stereocenters. The van der Waals surface area contributed by atoms with E-state index in [0.29, 0.717) is 17.5 Å². The summed E-state index contributed by atoms with van der Waals surface area (Å²) in [7, 11) is 0. The SMILES string of the molecule is CCCOc1c(Cl)cc(C(C)CC)cc1CC(C)N.Cl. The highest BCUT2D eigenvalue weighted by molar-refractivity contribution is 6.32. The van der Waals surface area contributed by atoms with Gasteiger partial charge in [-0.1, -0.05) is 38.4 Å². The van der Waals surface area contributed by atoms with Crippen LogP contribution in [-0.4, -0.2) is 12.6 Å². The van der Waals surface area contributed by atoms with Crippen molar-refractivity contribution in [3.8, 4) is 5.75 Å². The Morgan fingerprint density at radius 2 is 1.90 bits per heavy atom. The molecule has 1 rings (SSSR count). The zero-order valence-electron chi connectivity index (χ0n) is 12.9. The molecule has 0 saturated heterocycles. The number of hydrogen-bond acceptors (Lipinski definition) is 2. The highest BCUT2D eigenvalue weighted by atomic mass is 35.5. The van der Waals surface area contributed by atoms with Gasteiger partial charge >= 0.3 is 0 Å². The third-order valence-electron chi connectivity index (χ3n) is 3.32. The van der Waals surface area contributed by atoms with E-state index in [-0.39, 0.29) is 18.4 Å². The summed E-state index contributed by atoms with van der Waals surface area (Å²) >= 11 is 6.39. The molecule has 20 heavy (non-hydrogen) atoms. The maximum Gasteiger partial charge on any atom is 0.141 e. The molecule has 2 N–H and O–H groups in total. The minimum atomic E-state index is 0. The summed E-state index contributed by atoms with van der Waals surface area (Å²) in [6.45, 7) is 9.19. The van der Waals surface area contributed by atoms with Crippen LogP contribution in [0.3, 0.4) is 0 Å². The summed E-state index contributed by atoms with van der Waals surface area (Å²) in [6, 6.07) is 4.34. The van der Waals surface area contributed by atoms with Crippen LogP contribution in [0.15, 0.2) is 12.1 Å². The first-order valence-electron chi connectivity index (χ1n) is 7.20. The molecular formula is C16H27Cl2NO. The molecule has 0 aliphatic rings. The predicted octanol–water partition coefficient (Wildman–Crippen LogP) is 4.95. The summed E-state index contributed by atoms with van der Waals surface area (Å²) < 4.78 is 5.80. The second-order valence-electron chi connectivity index (χ2n) is 5.33. The molecule has 0 saturated carbocycles. The van der Waals surface area contributed by atoms with Gasteiger partial charge in [-0.15, -0.1) is 12.4 Å². The van der Waals surface area contributed by atoms with Crippen molar-refractivity contribution in [2.75, 3.05) is 6.61 Å². The van der Waals surface area contributed by atoms with Gasteiger partial charge in [0, 0.05) is 6.04 Å². The highest BCUT2D eigenvalue weighted by Gasteiger charge is 2.15. The Labute approximate surface area is 134 Å². The molecule has 116 valence electrons. The monoisotopic (exact) mass is 319 g/mol. The van der Waals surface area contributed by atoms with Crippen molar-refractivity contribution in [2.24, 2.45) is 5.73 Å². The fraction of sp³-hybridized carbons (Fsp3) is 0.625. The topological polar surface area (TPSA) is 35.2 Å². The molecule has 4 heteroatoms. The first-order chi connectivity index (χ1) is 8.99. The maximum absolute atomic E-state index is 6.39. The standard InChI is InChI=1S/C16H26ClNO.ClH/c1-5-7-19-16-14(8-12(4)18)9-13(10-15(16)17)11(3)6-2;/h9-12H,5-8,18H2,1-4H3;1H. The quantitative estimate of drug-likeness (QED) is 0.771. The van der Waals surface area contributed by atoms with Crippen molar-refractivity contribution in [3.05, 3.63) is 28.3 Å². The van der Waals surface area contributed by atoms with Gasteiger partial charge in [0.2, 0.25) is 0 Å². The van der Waals surface area contributed by atoms with Crippen LogP contribution in [0.5, 0.6) is 5.75 Å². The molecular weight excluding hydrogens is 293 g/mol. The molecule has 1 aromatic rings. The summed E-state index contributed by atoms with van der Waals surface area (Å²) in [5.74, 6) is 1.32. The van der Waals surface area contributed by atoms with Crippen molar-refractivity contribution >= 4 is 24.0 Å². The third kappa shape index (κ3) is 5.51. The van der Waals surface area contributed by atoms with E-state index in [9.17, 15) is 0 Å². The number of halogens is 2. The van der Waals surface area contributed by atoms with E-state index in [1.165, 1.54) is 5.56 Å². The van der Waals surface area contributed by atoms with Crippen LogP contribution in [0.1, 0.15) is 57.6 Å². The minimum Gasteiger partial charge on any atom is -0.492 e. The molecule has 0 fully saturated rings. The third-order valence-corrected chi connectivity index (χ3v) is 3.60. The van der Waals surface area contributed by atoms with Crippen LogP contribution in [0.4, 0.5) is 0 Å².